The highest BCUT2D eigenvalue weighted by molar-refractivity contribution is 14.0. The molecule has 1 saturated heterocycles. The van der Waals surface area contributed by atoms with E-state index in [1.165, 1.54) is 12.1 Å². The van der Waals surface area contributed by atoms with Crippen LogP contribution in [-0.4, -0.2) is 53.2 Å². The Bertz CT molecular complexity index is 787. The first-order valence-electron chi connectivity index (χ1n) is 9.67. The fourth-order valence-electron chi connectivity index (χ4n) is 3.42. The Labute approximate surface area is 187 Å². The van der Waals surface area contributed by atoms with Crippen LogP contribution in [0.4, 0.5) is 8.78 Å². The van der Waals surface area contributed by atoms with Crippen molar-refractivity contribution in [1.82, 2.24) is 19.8 Å². The molecule has 0 spiro atoms. The van der Waals surface area contributed by atoms with Crippen LogP contribution in [-0.2, 0) is 0 Å². The predicted octanol–water partition coefficient (Wildman–Crippen LogP) is 3.71. The van der Waals surface area contributed by atoms with E-state index in [4.69, 9.17) is 4.74 Å². The average molecular weight is 519 g/mol. The molecule has 160 valence electrons. The Balaban J connectivity index is 0.00000300. The van der Waals surface area contributed by atoms with Gasteiger partial charge in [-0.1, -0.05) is 6.92 Å². The lowest BCUT2D eigenvalue weighted by Gasteiger charge is -2.39. The van der Waals surface area contributed by atoms with Gasteiger partial charge in [-0.05, 0) is 31.4 Å². The number of guanidine groups is 1. The van der Waals surface area contributed by atoms with E-state index in [-0.39, 0.29) is 36.3 Å². The molecule has 0 saturated carbocycles. The zero-order valence-electron chi connectivity index (χ0n) is 16.7. The maximum Gasteiger partial charge on any atom is 0.194 e. The van der Waals surface area contributed by atoms with Gasteiger partial charge >= 0.3 is 0 Å². The first-order chi connectivity index (χ1) is 13.6. The van der Waals surface area contributed by atoms with Crippen LogP contribution in [0.1, 0.15) is 26.3 Å². The Hall–Kier alpha value is -1.91. The van der Waals surface area contributed by atoms with Gasteiger partial charge in [-0.25, -0.2) is 18.8 Å². The smallest absolute Gasteiger partial charge is 0.194 e. The van der Waals surface area contributed by atoms with Gasteiger partial charge in [0.25, 0.3) is 0 Å². The van der Waals surface area contributed by atoms with Gasteiger partial charge in [-0.15, -0.1) is 24.0 Å². The number of likely N-dealkylation sites (tertiary alicyclic amines) is 1. The fraction of sp³-hybridized carbons (Fsp3) is 0.500. The van der Waals surface area contributed by atoms with Crippen molar-refractivity contribution in [2.45, 2.75) is 26.3 Å². The van der Waals surface area contributed by atoms with Crippen molar-refractivity contribution in [3.05, 3.63) is 48.6 Å². The molecule has 1 fully saturated rings. The predicted molar refractivity (Wildman–Crippen MR) is 120 cm³/mol. The summed E-state index contributed by atoms with van der Waals surface area (Å²) in [4.78, 5) is 11.0. The highest BCUT2D eigenvalue weighted by Gasteiger charge is 2.28. The molecule has 0 aliphatic carbocycles. The van der Waals surface area contributed by atoms with E-state index in [9.17, 15) is 8.78 Å². The van der Waals surface area contributed by atoms with Crippen LogP contribution in [0.5, 0.6) is 5.75 Å². The standard InChI is InChI=1S/C20H27F2N5O.HI/c1-3-24-20(25-8-11-28-19-5-4-16(21)12-17(19)22)26-9-6-15(2)18(13-26)27-10-7-23-14-27;/h4-5,7,10,12,14-15,18H,3,6,8-9,11,13H2,1-2H3,(H,24,25);1H. The van der Waals surface area contributed by atoms with Gasteiger partial charge < -0.3 is 19.5 Å². The van der Waals surface area contributed by atoms with E-state index >= 15 is 0 Å². The topological polar surface area (TPSA) is 54.7 Å². The lowest BCUT2D eigenvalue weighted by molar-refractivity contribution is 0.188. The number of hydrogen-bond acceptors (Lipinski definition) is 3. The van der Waals surface area contributed by atoms with Gasteiger partial charge in [-0.2, -0.15) is 0 Å². The molecule has 1 aromatic carbocycles. The quantitative estimate of drug-likeness (QED) is 0.274. The molecule has 0 amide bonds. The van der Waals surface area contributed by atoms with Crippen LogP contribution in [0, 0.1) is 17.6 Å². The van der Waals surface area contributed by atoms with Crippen LogP contribution >= 0.6 is 24.0 Å². The zero-order valence-corrected chi connectivity index (χ0v) is 19.1. The number of rotatable bonds is 6. The van der Waals surface area contributed by atoms with Crippen molar-refractivity contribution in [2.75, 3.05) is 32.8 Å². The average Bonchev–Trinajstić information content (AvgIpc) is 3.21. The zero-order chi connectivity index (χ0) is 19.9. The van der Waals surface area contributed by atoms with Gasteiger partial charge in [-0.3, -0.25) is 0 Å². The second-order valence-corrected chi connectivity index (χ2v) is 6.95. The summed E-state index contributed by atoms with van der Waals surface area (Å²) < 4.78 is 34.1. The maximum absolute atomic E-state index is 13.6. The number of piperidine rings is 1. The molecule has 2 heterocycles. The summed E-state index contributed by atoms with van der Waals surface area (Å²) in [6, 6.07) is 3.62. The van der Waals surface area contributed by atoms with E-state index < -0.39 is 11.6 Å². The molecule has 0 bridgehead atoms. The third kappa shape index (κ3) is 6.28. The molecule has 1 N–H and O–H groups in total. The summed E-state index contributed by atoms with van der Waals surface area (Å²) in [5, 5.41) is 3.32. The Morgan fingerprint density at radius 3 is 2.90 bits per heavy atom. The van der Waals surface area contributed by atoms with E-state index in [2.05, 4.69) is 31.7 Å². The number of aliphatic imine (C=N–C) groups is 1. The summed E-state index contributed by atoms with van der Waals surface area (Å²) in [7, 11) is 0. The number of imidazole rings is 1. The monoisotopic (exact) mass is 519 g/mol. The summed E-state index contributed by atoms with van der Waals surface area (Å²) in [6.45, 7) is 7.40. The lowest BCUT2D eigenvalue weighted by atomic mass is 9.93. The summed E-state index contributed by atoms with van der Waals surface area (Å²) >= 11 is 0. The molecule has 2 aromatic rings. The van der Waals surface area contributed by atoms with Gasteiger partial charge in [0.05, 0.1) is 18.9 Å². The Morgan fingerprint density at radius 2 is 2.21 bits per heavy atom. The molecule has 9 heteroatoms. The van der Waals surface area contributed by atoms with Crippen molar-refractivity contribution in [1.29, 1.82) is 0 Å². The maximum atomic E-state index is 13.6. The number of benzene rings is 1. The van der Waals surface area contributed by atoms with Gasteiger partial charge in [0.1, 0.15) is 12.4 Å². The number of nitrogens with zero attached hydrogens (tertiary/aromatic N) is 4. The minimum atomic E-state index is -0.705. The van der Waals surface area contributed by atoms with Crippen LogP contribution in [0.2, 0.25) is 0 Å². The van der Waals surface area contributed by atoms with Crippen molar-refractivity contribution in [3.63, 3.8) is 0 Å². The molecule has 1 aromatic heterocycles. The number of ether oxygens (including phenoxy) is 1. The molecule has 6 nitrogen and oxygen atoms in total. The summed E-state index contributed by atoms with van der Waals surface area (Å²) in [5.74, 6) is 0.0857. The molecule has 1 aliphatic heterocycles. The highest BCUT2D eigenvalue weighted by Crippen LogP contribution is 2.27. The number of aromatic nitrogens is 2. The molecule has 29 heavy (non-hydrogen) atoms. The summed E-state index contributed by atoms with van der Waals surface area (Å²) in [6.07, 6.45) is 6.72. The minimum Gasteiger partial charge on any atom is -0.489 e. The Kier molecular flexibility index (Phi) is 9.12. The minimum absolute atomic E-state index is 0. The first-order valence-corrected chi connectivity index (χ1v) is 9.67. The molecule has 0 radical (unpaired) electrons. The van der Waals surface area contributed by atoms with E-state index in [1.807, 2.05) is 19.4 Å². The third-order valence-electron chi connectivity index (χ3n) is 4.97. The number of halogens is 3. The third-order valence-corrected chi connectivity index (χ3v) is 4.97. The van der Waals surface area contributed by atoms with Gasteiger partial charge in [0, 0.05) is 38.1 Å². The number of hydrogen-bond donors (Lipinski definition) is 1. The number of nitrogens with one attached hydrogen (secondary N) is 1. The highest BCUT2D eigenvalue weighted by atomic mass is 127. The van der Waals surface area contributed by atoms with Crippen LogP contribution in [0.15, 0.2) is 41.9 Å². The van der Waals surface area contributed by atoms with E-state index in [0.29, 0.717) is 18.5 Å². The Morgan fingerprint density at radius 1 is 1.38 bits per heavy atom. The van der Waals surface area contributed by atoms with Crippen molar-refractivity contribution in [2.24, 2.45) is 10.9 Å². The largest absolute Gasteiger partial charge is 0.489 e. The van der Waals surface area contributed by atoms with Gasteiger partial charge in [0.2, 0.25) is 0 Å². The van der Waals surface area contributed by atoms with Crippen molar-refractivity contribution in [3.8, 4) is 5.75 Å². The van der Waals surface area contributed by atoms with Crippen molar-refractivity contribution < 1.29 is 13.5 Å². The molecular weight excluding hydrogens is 491 g/mol. The van der Waals surface area contributed by atoms with Crippen molar-refractivity contribution >= 4 is 29.9 Å². The van der Waals surface area contributed by atoms with Gasteiger partial charge in [0.15, 0.2) is 17.5 Å². The van der Waals surface area contributed by atoms with E-state index in [1.54, 1.807) is 6.20 Å². The molecule has 3 rings (SSSR count). The normalized spacial score (nSPS) is 19.6. The first kappa shape index (κ1) is 23.4. The SMILES string of the molecule is CCNC(=NCCOc1ccc(F)cc1F)N1CCC(C)C(n2ccnc2)C1.I. The molecule has 2 unspecified atom stereocenters. The fourth-order valence-corrected chi connectivity index (χ4v) is 3.42. The molecule has 2 atom stereocenters. The summed E-state index contributed by atoms with van der Waals surface area (Å²) in [5.41, 5.74) is 0. The van der Waals surface area contributed by atoms with Crippen LogP contribution in [0.3, 0.4) is 0 Å². The van der Waals surface area contributed by atoms with Crippen LogP contribution < -0.4 is 10.1 Å². The second-order valence-electron chi connectivity index (χ2n) is 6.95. The van der Waals surface area contributed by atoms with Crippen LogP contribution in [0.25, 0.3) is 0 Å². The lowest BCUT2D eigenvalue weighted by Crippen LogP contribution is -2.49. The van der Waals surface area contributed by atoms with E-state index in [0.717, 1.165) is 38.1 Å². The molecular formula is C20H28F2IN5O. The molecule has 1 aliphatic rings. The second kappa shape index (κ2) is 11.3.